The van der Waals surface area contributed by atoms with Crippen LogP contribution in [0.1, 0.15) is 27.3 Å². The molecule has 8 nitrogen and oxygen atoms in total. The third-order valence-electron chi connectivity index (χ3n) is 4.72. The van der Waals surface area contributed by atoms with Gasteiger partial charge in [-0.3, -0.25) is 19.1 Å². The number of aromatic nitrogens is 3. The van der Waals surface area contributed by atoms with Gasteiger partial charge in [-0.2, -0.15) is 0 Å². The molecule has 0 saturated heterocycles. The summed E-state index contributed by atoms with van der Waals surface area (Å²) in [6, 6.07) is 11.0. The van der Waals surface area contributed by atoms with Crippen molar-refractivity contribution in [1.29, 1.82) is 0 Å². The molecule has 0 fully saturated rings. The number of nitrogens with zero attached hydrogens (tertiary/aromatic N) is 3. The van der Waals surface area contributed by atoms with Gasteiger partial charge in [-0.15, -0.1) is 0 Å². The first-order valence-electron chi connectivity index (χ1n) is 9.25. The fraction of sp³-hybridized carbons (Fsp3) is 0.238. The van der Waals surface area contributed by atoms with Crippen LogP contribution >= 0.6 is 11.8 Å². The van der Waals surface area contributed by atoms with Crippen molar-refractivity contribution in [1.82, 2.24) is 14.3 Å². The van der Waals surface area contributed by atoms with Crippen LogP contribution < -0.4 is 16.6 Å². The molecule has 0 radical (unpaired) electrons. The van der Waals surface area contributed by atoms with Gasteiger partial charge >= 0.3 is 0 Å². The van der Waals surface area contributed by atoms with Gasteiger partial charge in [0.1, 0.15) is 10.7 Å². The monoisotopic (exact) mass is 425 g/mol. The van der Waals surface area contributed by atoms with Gasteiger partial charge in [-0.05, 0) is 44.5 Å². The third kappa shape index (κ3) is 4.16. The van der Waals surface area contributed by atoms with Crippen molar-refractivity contribution in [2.75, 3.05) is 11.1 Å². The largest absolute Gasteiger partial charge is 0.366 e. The molecule has 0 aliphatic heterocycles. The summed E-state index contributed by atoms with van der Waals surface area (Å²) in [6.07, 6.45) is 0. The van der Waals surface area contributed by atoms with E-state index in [-0.39, 0.29) is 22.9 Å². The van der Waals surface area contributed by atoms with E-state index in [0.717, 1.165) is 17.5 Å². The molecule has 156 valence electrons. The Labute approximate surface area is 178 Å². The van der Waals surface area contributed by atoms with Crippen LogP contribution in [0.25, 0.3) is 5.69 Å². The molecule has 1 aromatic carbocycles. The second kappa shape index (κ2) is 8.58. The van der Waals surface area contributed by atoms with Crippen molar-refractivity contribution in [3.8, 4) is 5.69 Å². The molecule has 2 heterocycles. The Hall–Kier alpha value is -3.33. The molecule has 0 saturated carbocycles. The van der Waals surface area contributed by atoms with E-state index >= 15 is 0 Å². The highest BCUT2D eigenvalue weighted by Gasteiger charge is 2.20. The molecule has 0 atom stereocenters. The number of benzene rings is 1. The second-order valence-electron chi connectivity index (χ2n) is 6.90. The first-order valence-corrected chi connectivity index (χ1v) is 10.2. The summed E-state index contributed by atoms with van der Waals surface area (Å²) in [6.45, 7) is 5.35. The molecule has 0 spiro atoms. The normalized spacial score (nSPS) is 10.8. The highest BCUT2D eigenvalue weighted by molar-refractivity contribution is 8.00. The molecule has 2 amide bonds. The zero-order valence-corrected chi connectivity index (χ0v) is 18.0. The molecule has 9 heteroatoms. The number of primary amides is 1. The number of thioether (sulfide) groups is 1. The molecule has 0 unspecified atom stereocenters. The molecule has 0 aliphatic carbocycles. The van der Waals surface area contributed by atoms with E-state index in [0.29, 0.717) is 27.5 Å². The Bertz CT molecular complexity index is 1180. The van der Waals surface area contributed by atoms with Gasteiger partial charge in [-0.25, -0.2) is 9.67 Å². The van der Waals surface area contributed by atoms with Gasteiger partial charge in [-0.1, -0.05) is 30.0 Å². The minimum atomic E-state index is -0.590. The maximum atomic E-state index is 12.9. The number of aryl methyl sites for hydroxylation is 2. The van der Waals surface area contributed by atoms with Crippen LogP contribution in [0.5, 0.6) is 0 Å². The van der Waals surface area contributed by atoms with Crippen molar-refractivity contribution < 1.29 is 9.59 Å². The van der Waals surface area contributed by atoms with Crippen LogP contribution in [0, 0.1) is 20.8 Å². The second-order valence-corrected chi connectivity index (χ2v) is 7.86. The van der Waals surface area contributed by atoms with Gasteiger partial charge in [0.15, 0.2) is 0 Å². The number of pyridine rings is 1. The quantitative estimate of drug-likeness (QED) is 0.589. The van der Waals surface area contributed by atoms with E-state index in [4.69, 9.17) is 5.73 Å². The lowest BCUT2D eigenvalue weighted by Crippen LogP contribution is -2.23. The van der Waals surface area contributed by atoms with Gasteiger partial charge < -0.3 is 11.1 Å². The third-order valence-corrected chi connectivity index (χ3v) is 5.69. The first-order chi connectivity index (χ1) is 14.2. The van der Waals surface area contributed by atoms with Crippen LogP contribution in [-0.2, 0) is 11.8 Å². The summed E-state index contributed by atoms with van der Waals surface area (Å²) in [5, 5.41) is 3.10. The Morgan fingerprint density at radius 1 is 1.17 bits per heavy atom. The SMILES string of the molecule is Cc1cc(C)c(C(N)=O)c(SCC(=O)Nc2c(C)n(C)n(-c3ccccc3)c2=O)n1. The van der Waals surface area contributed by atoms with Gasteiger partial charge in [0.2, 0.25) is 5.91 Å². The molecule has 2 aromatic heterocycles. The topological polar surface area (TPSA) is 112 Å². The van der Waals surface area contributed by atoms with Gasteiger partial charge in [0.05, 0.1) is 22.7 Å². The average molecular weight is 426 g/mol. The van der Waals surface area contributed by atoms with Crippen LogP contribution in [0.15, 0.2) is 46.2 Å². The lowest BCUT2D eigenvalue weighted by molar-refractivity contribution is -0.113. The number of para-hydroxylation sites is 1. The molecule has 3 rings (SSSR count). The predicted molar refractivity (Wildman–Crippen MR) is 117 cm³/mol. The van der Waals surface area contributed by atoms with Crippen LogP contribution in [-0.4, -0.2) is 31.9 Å². The Morgan fingerprint density at radius 3 is 2.47 bits per heavy atom. The van der Waals surface area contributed by atoms with Gasteiger partial charge in [0, 0.05) is 12.7 Å². The number of carbonyl (C=O) groups is 2. The summed E-state index contributed by atoms with van der Waals surface area (Å²) in [5.74, 6) is -0.982. The molecule has 3 aromatic rings. The Balaban J connectivity index is 1.82. The molecule has 0 bridgehead atoms. The Kier molecular flexibility index (Phi) is 6.12. The first kappa shape index (κ1) is 21.4. The minimum absolute atomic E-state index is 0.0186. The van der Waals surface area contributed by atoms with E-state index in [1.54, 1.807) is 38.6 Å². The highest BCUT2D eigenvalue weighted by Crippen LogP contribution is 2.24. The molecule has 3 N–H and O–H groups in total. The summed E-state index contributed by atoms with van der Waals surface area (Å²) >= 11 is 1.11. The van der Waals surface area contributed by atoms with Crippen molar-refractivity contribution in [2.45, 2.75) is 25.8 Å². The number of anilines is 1. The smallest absolute Gasteiger partial charge is 0.295 e. The standard InChI is InChI=1S/C21H23N5O3S/c1-12-10-13(2)23-20(17(12)19(22)28)30-11-16(27)24-18-14(3)25(4)26(21(18)29)15-8-6-5-7-9-15/h5-10H,11H2,1-4H3,(H2,22,28)(H,24,27). The number of amides is 2. The predicted octanol–water partition coefficient (Wildman–Crippen LogP) is 2.33. The van der Waals surface area contributed by atoms with Crippen molar-refractivity contribution in [3.05, 3.63) is 69.3 Å². The number of hydrogen-bond acceptors (Lipinski definition) is 5. The summed E-state index contributed by atoms with van der Waals surface area (Å²) in [5.41, 5.74) is 8.45. The van der Waals surface area contributed by atoms with Crippen LogP contribution in [0.3, 0.4) is 0 Å². The van der Waals surface area contributed by atoms with E-state index in [1.165, 1.54) is 4.68 Å². The number of nitrogens with one attached hydrogen (secondary N) is 1. The maximum Gasteiger partial charge on any atom is 0.295 e. The summed E-state index contributed by atoms with van der Waals surface area (Å²) in [4.78, 5) is 41.6. The van der Waals surface area contributed by atoms with Crippen molar-refractivity contribution in [2.24, 2.45) is 12.8 Å². The minimum Gasteiger partial charge on any atom is -0.366 e. The lowest BCUT2D eigenvalue weighted by Gasteiger charge is -2.10. The van der Waals surface area contributed by atoms with Crippen LogP contribution in [0.4, 0.5) is 5.69 Å². The Morgan fingerprint density at radius 2 is 1.83 bits per heavy atom. The van der Waals surface area contributed by atoms with E-state index in [9.17, 15) is 14.4 Å². The number of carbonyl (C=O) groups excluding carboxylic acids is 2. The lowest BCUT2D eigenvalue weighted by atomic mass is 10.1. The van der Waals surface area contributed by atoms with Crippen molar-refractivity contribution in [3.63, 3.8) is 0 Å². The molecule has 30 heavy (non-hydrogen) atoms. The number of nitrogens with two attached hydrogens (primary N) is 1. The van der Waals surface area contributed by atoms with Crippen LogP contribution in [0.2, 0.25) is 0 Å². The fourth-order valence-corrected chi connectivity index (χ4v) is 4.18. The molecular weight excluding hydrogens is 402 g/mol. The zero-order chi connectivity index (χ0) is 22.0. The fourth-order valence-electron chi connectivity index (χ4n) is 3.23. The van der Waals surface area contributed by atoms with Gasteiger partial charge in [0.25, 0.3) is 11.5 Å². The average Bonchev–Trinajstić information content (AvgIpc) is 2.89. The molecule has 0 aliphatic rings. The number of rotatable bonds is 6. The zero-order valence-electron chi connectivity index (χ0n) is 17.2. The number of hydrogen-bond donors (Lipinski definition) is 2. The maximum absolute atomic E-state index is 12.9. The molecular formula is C21H23N5O3S. The van der Waals surface area contributed by atoms with E-state index < -0.39 is 5.91 Å². The van der Waals surface area contributed by atoms with E-state index in [2.05, 4.69) is 10.3 Å². The van der Waals surface area contributed by atoms with Crippen molar-refractivity contribution >= 4 is 29.3 Å². The highest BCUT2D eigenvalue weighted by atomic mass is 32.2. The van der Waals surface area contributed by atoms with E-state index in [1.807, 2.05) is 30.3 Å². The summed E-state index contributed by atoms with van der Waals surface area (Å²) in [7, 11) is 1.76. The summed E-state index contributed by atoms with van der Waals surface area (Å²) < 4.78 is 3.19.